The summed E-state index contributed by atoms with van der Waals surface area (Å²) in [5, 5.41) is 2.94. The van der Waals surface area contributed by atoms with Gasteiger partial charge in [0.2, 0.25) is 10.0 Å². The zero-order valence-corrected chi connectivity index (χ0v) is 16.4. The summed E-state index contributed by atoms with van der Waals surface area (Å²) in [6, 6.07) is 12.2. The lowest BCUT2D eigenvalue weighted by Gasteiger charge is -2.20. The maximum absolute atomic E-state index is 12.6. The number of anilines is 1. The molecule has 0 aliphatic carbocycles. The van der Waals surface area contributed by atoms with Crippen LogP contribution in [0, 0.1) is 6.92 Å². The predicted molar refractivity (Wildman–Crippen MR) is 103 cm³/mol. The number of hydrogen-bond donors (Lipinski definition) is 1. The molecule has 7 heteroatoms. The Morgan fingerprint density at radius 3 is 2.42 bits per heavy atom. The molecule has 6 nitrogen and oxygen atoms in total. The summed E-state index contributed by atoms with van der Waals surface area (Å²) in [5.74, 6) is 0.474. The zero-order chi connectivity index (χ0) is 19.5. The number of carbonyl (C=O) groups excluding carboxylic acids is 1. The number of nitrogens with one attached hydrogen (secondary N) is 1. The van der Waals surface area contributed by atoms with Crippen molar-refractivity contribution in [3.05, 3.63) is 59.2 Å². The Morgan fingerprint density at radius 1 is 1.19 bits per heavy atom. The summed E-state index contributed by atoms with van der Waals surface area (Å²) in [6.07, 6.45) is 1.14. The number of rotatable bonds is 6. The maximum atomic E-state index is 12.6. The monoisotopic (exact) mass is 376 g/mol. The van der Waals surface area contributed by atoms with E-state index in [0.29, 0.717) is 22.6 Å². The highest BCUT2D eigenvalue weighted by atomic mass is 32.2. The van der Waals surface area contributed by atoms with Crippen molar-refractivity contribution in [2.45, 2.75) is 19.9 Å². The normalized spacial score (nSPS) is 12.3. The first-order valence-electron chi connectivity index (χ1n) is 8.13. The van der Waals surface area contributed by atoms with Gasteiger partial charge in [0, 0.05) is 18.2 Å². The molecule has 0 heterocycles. The number of methoxy groups -OCH3 is 1. The molecule has 0 aliphatic heterocycles. The van der Waals surface area contributed by atoms with Crippen LogP contribution >= 0.6 is 0 Å². The molecule has 0 fully saturated rings. The maximum Gasteiger partial charge on any atom is 0.251 e. The van der Waals surface area contributed by atoms with E-state index in [4.69, 9.17) is 4.74 Å². The van der Waals surface area contributed by atoms with Gasteiger partial charge in [-0.15, -0.1) is 0 Å². The second kappa shape index (κ2) is 7.78. The Morgan fingerprint density at radius 2 is 1.85 bits per heavy atom. The molecule has 26 heavy (non-hydrogen) atoms. The molecule has 0 saturated heterocycles. The second-order valence-electron chi connectivity index (χ2n) is 6.17. The van der Waals surface area contributed by atoms with Gasteiger partial charge in [0.05, 0.1) is 25.1 Å². The molecular formula is C19H24N2O4S. The predicted octanol–water partition coefficient (Wildman–Crippen LogP) is 2.89. The number of carbonyl (C=O) groups is 1. The van der Waals surface area contributed by atoms with Crippen molar-refractivity contribution in [1.82, 2.24) is 5.32 Å². The van der Waals surface area contributed by atoms with Gasteiger partial charge in [-0.3, -0.25) is 9.10 Å². The molecule has 0 radical (unpaired) electrons. The summed E-state index contributed by atoms with van der Waals surface area (Å²) in [6.45, 7) is 3.66. The molecule has 140 valence electrons. The number of nitrogens with zero attached hydrogens (tertiary/aromatic N) is 1. The summed E-state index contributed by atoms with van der Waals surface area (Å²) < 4.78 is 29.9. The van der Waals surface area contributed by atoms with Gasteiger partial charge >= 0.3 is 0 Å². The fourth-order valence-corrected chi connectivity index (χ4v) is 3.27. The van der Waals surface area contributed by atoms with E-state index in [-0.39, 0.29) is 11.9 Å². The van der Waals surface area contributed by atoms with Gasteiger partial charge in [0.25, 0.3) is 5.91 Å². The lowest BCUT2D eigenvalue weighted by Crippen LogP contribution is -2.28. The van der Waals surface area contributed by atoms with E-state index in [1.54, 1.807) is 32.2 Å². The molecule has 1 amide bonds. The van der Waals surface area contributed by atoms with Crippen molar-refractivity contribution in [3.8, 4) is 5.75 Å². The van der Waals surface area contributed by atoms with E-state index in [9.17, 15) is 13.2 Å². The molecule has 0 aromatic heterocycles. The van der Waals surface area contributed by atoms with Crippen LogP contribution < -0.4 is 14.4 Å². The van der Waals surface area contributed by atoms with Gasteiger partial charge in [0.15, 0.2) is 0 Å². The molecule has 2 rings (SSSR count). The van der Waals surface area contributed by atoms with Gasteiger partial charge in [-0.1, -0.05) is 18.2 Å². The second-order valence-corrected chi connectivity index (χ2v) is 8.18. The Bertz CT molecular complexity index is 910. The molecule has 2 aromatic carbocycles. The smallest absolute Gasteiger partial charge is 0.251 e. The number of ether oxygens (including phenoxy) is 1. The fourth-order valence-electron chi connectivity index (χ4n) is 2.71. The number of benzene rings is 2. The van der Waals surface area contributed by atoms with Gasteiger partial charge in [-0.05, 0) is 43.7 Å². The average Bonchev–Trinajstić information content (AvgIpc) is 2.60. The summed E-state index contributed by atoms with van der Waals surface area (Å²) >= 11 is 0. The van der Waals surface area contributed by atoms with Crippen LogP contribution in [0.3, 0.4) is 0 Å². The van der Waals surface area contributed by atoms with Crippen LogP contribution in [-0.4, -0.2) is 34.7 Å². The molecule has 0 spiro atoms. The molecule has 0 bridgehead atoms. The molecule has 2 aromatic rings. The third-order valence-electron chi connectivity index (χ3n) is 4.25. The van der Waals surface area contributed by atoms with Gasteiger partial charge in [-0.2, -0.15) is 0 Å². The molecule has 0 unspecified atom stereocenters. The third kappa shape index (κ3) is 4.35. The van der Waals surface area contributed by atoms with Crippen molar-refractivity contribution in [2.75, 3.05) is 24.7 Å². The first-order chi connectivity index (χ1) is 12.1. The van der Waals surface area contributed by atoms with E-state index < -0.39 is 10.0 Å². The summed E-state index contributed by atoms with van der Waals surface area (Å²) in [7, 11) is -0.277. The van der Waals surface area contributed by atoms with Gasteiger partial charge in [0.1, 0.15) is 5.75 Å². The number of para-hydroxylation sites is 1. The fraction of sp³-hybridized carbons (Fsp3) is 0.316. The van der Waals surface area contributed by atoms with Crippen LogP contribution in [0.5, 0.6) is 5.75 Å². The molecule has 1 N–H and O–H groups in total. The summed E-state index contributed by atoms with van der Waals surface area (Å²) in [4.78, 5) is 12.6. The van der Waals surface area contributed by atoms with Crippen LogP contribution in [0.4, 0.5) is 5.69 Å². The number of sulfonamides is 1. The van der Waals surface area contributed by atoms with E-state index in [2.05, 4.69) is 5.32 Å². The van der Waals surface area contributed by atoms with Crippen molar-refractivity contribution < 1.29 is 17.9 Å². The molecule has 1 atom stereocenters. The lowest BCUT2D eigenvalue weighted by molar-refractivity contribution is 0.0939. The Kier molecular flexibility index (Phi) is 5.92. The van der Waals surface area contributed by atoms with Crippen molar-refractivity contribution in [1.29, 1.82) is 0 Å². The molecule has 0 aliphatic rings. The van der Waals surface area contributed by atoms with Crippen molar-refractivity contribution in [2.24, 2.45) is 0 Å². The quantitative estimate of drug-likeness (QED) is 0.841. The van der Waals surface area contributed by atoms with Crippen molar-refractivity contribution >= 4 is 21.6 Å². The first-order valence-corrected chi connectivity index (χ1v) is 9.98. The minimum Gasteiger partial charge on any atom is -0.496 e. The third-order valence-corrected chi connectivity index (χ3v) is 5.44. The average molecular weight is 376 g/mol. The van der Waals surface area contributed by atoms with E-state index in [1.165, 1.54) is 11.4 Å². The minimum atomic E-state index is -3.36. The SMILES string of the molecule is COc1ccccc1[C@H](C)NC(=O)c1ccc(N(C)S(C)(=O)=O)c(C)c1. The van der Waals surface area contributed by atoms with E-state index in [0.717, 1.165) is 11.8 Å². The Balaban J connectivity index is 2.21. The lowest BCUT2D eigenvalue weighted by atomic mass is 10.1. The van der Waals surface area contributed by atoms with Crippen LogP contribution in [0.25, 0.3) is 0 Å². The minimum absolute atomic E-state index is 0.236. The van der Waals surface area contributed by atoms with Crippen LogP contribution in [0.2, 0.25) is 0 Å². The van der Waals surface area contributed by atoms with Crippen LogP contribution in [0.1, 0.15) is 34.5 Å². The largest absolute Gasteiger partial charge is 0.496 e. The van der Waals surface area contributed by atoms with Crippen LogP contribution in [-0.2, 0) is 10.0 Å². The highest BCUT2D eigenvalue weighted by Gasteiger charge is 2.18. The number of amides is 1. The highest BCUT2D eigenvalue weighted by molar-refractivity contribution is 7.92. The molecule has 0 saturated carbocycles. The Labute approximate surface area is 154 Å². The standard InChI is InChI=1S/C19H24N2O4S/c1-13-12-15(10-11-17(13)21(3)26(5,23)24)19(22)20-14(2)16-8-6-7-9-18(16)25-4/h6-12,14H,1-5H3,(H,20,22)/t14-/m0/s1. The number of aryl methyl sites for hydroxylation is 1. The molecular weight excluding hydrogens is 352 g/mol. The highest BCUT2D eigenvalue weighted by Crippen LogP contribution is 2.26. The van der Waals surface area contributed by atoms with Crippen LogP contribution in [0.15, 0.2) is 42.5 Å². The van der Waals surface area contributed by atoms with Crippen molar-refractivity contribution in [3.63, 3.8) is 0 Å². The first kappa shape index (κ1) is 19.8. The van der Waals surface area contributed by atoms with Gasteiger partial charge < -0.3 is 10.1 Å². The van der Waals surface area contributed by atoms with E-state index in [1.807, 2.05) is 31.2 Å². The zero-order valence-electron chi connectivity index (χ0n) is 15.6. The Hall–Kier alpha value is -2.54. The van der Waals surface area contributed by atoms with E-state index >= 15 is 0 Å². The topological polar surface area (TPSA) is 75.7 Å². The van der Waals surface area contributed by atoms with Gasteiger partial charge in [-0.25, -0.2) is 8.42 Å². The summed E-state index contributed by atoms with van der Waals surface area (Å²) in [5.41, 5.74) is 2.60. The number of hydrogen-bond acceptors (Lipinski definition) is 4.